The fourth-order valence-electron chi connectivity index (χ4n) is 1.07. The Morgan fingerprint density at radius 1 is 1.44 bits per heavy atom. The molecule has 0 N–H and O–H groups in total. The third-order valence-electron chi connectivity index (χ3n) is 1.59. The Kier molecular flexibility index (Phi) is 2.79. The minimum absolute atomic E-state index is 0.731. The molecule has 1 saturated heterocycles. The number of hydrogen-bond donors (Lipinski definition) is 1. The molecule has 1 aliphatic rings. The van der Waals surface area contributed by atoms with Crippen molar-refractivity contribution in [3.63, 3.8) is 0 Å². The van der Waals surface area contributed by atoms with E-state index in [2.05, 4.69) is 17.5 Å². The van der Waals surface area contributed by atoms with Gasteiger partial charge in [-0.2, -0.15) is 12.6 Å². The largest absolute Gasteiger partial charge is 0.365 e. The standard InChI is InChI=1S/C6H11NS2/c8-5-6(9)7-3-1-2-4-7/h8H,1-5H2. The van der Waals surface area contributed by atoms with Crippen LogP contribution in [0.25, 0.3) is 0 Å². The third-order valence-corrected chi connectivity index (χ3v) is 2.51. The Labute approximate surface area is 66.8 Å². The molecule has 0 atom stereocenters. The number of nitrogens with zero attached hydrogens (tertiary/aromatic N) is 1. The number of thiol groups is 1. The SMILES string of the molecule is S=C(CS)N1CCCC1. The van der Waals surface area contributed by atoms with Gasteiger partial charge in [-0.1, -0.05) is 12.2 Å². The lowest BCUT2D eigenvalue weighted by molar-refractivity contribution is 0.527. The number of thiocarbonyl (C=S) groups is 1. The zero-order valence-electron chi connectivity index (χ0n) is 5.34. The van der Waals surface area contributed by atoms with Crippen LogP contribution < -0.4 is 0 Å². The lowest BCUT2D eigenvalue weighted by Crippen LogP contribution is -2.26. The molecule has 0 bridgehead atoms. The molecule has 3 heteroatoms. The molecule has 1 aliphatic heterocycles. The quantitative estimate of drug-likeness (QED) is 0.457. The molecule has 0 spiro atoms. The van der Waals surface area contributed by atoms with Crippen molar-refractivity contribution in [3.8, 4) is 0 Å². The van der Waals surface area contributed by atoms with Crippen LogP contribution in [-0.2, 0) is 0 Å². The summed E-state index contributed by atoms with van der Waals surface area (Å²) >= 11 is 9.17. The van der Waals surface area contributed by atoms with Gasteiger partial charge in [0.2, 0.25) is 0 Å². The summed E-state index contributed by atoms with van der Waals surface area (Å²) < 4.78 is 0. The van der Waals surface area contributed by atoms with Crippen LogP contribution in [-0.4, -0.2) is 28.7 Å². The van der Waals surface area contributed by atoms with E-state index in [1.54, 1.807) is 0 Å². The summed E-state index contributed by atoms with van der Waals surface area (Å²) in [5.41, 5.74) is 0. The monoisotopic (exact) mass is 161 g/mol. The zero-order valence-corrected chi connectivity index (χ0v) is 7.05. The molecule has 0 aliphatic carbocycles. The first kappa shape index (κ1) is 7.35. The molecule has 0 aromatic rings. The molecule has 0 saturated carbocycles. The van der Waals surface area contributed by atoms with Gasteiger partial charge >= 0.3 is 0 Å². The normalized spacial score (nSPS) is 18.6. The predicted molar refractivity (Wildman–Crippen MR) is 47.3 cm³/mol. The van der Waals surface area contributed by atoms with Gasteiger partial charge < -0.3 is 4.90 Å². The second-order valence-electron chi connectivity index (χ2n) is 2.25. The lowest BCUT2D eigenvalue weighted by atomic mass is 10.4. The third kappa shape index (κ3) is 1.83. The Balaban J connectivity index is 2.32. The van der Waals surface area contributed by atoms with Gasteiger partial charge in [0, 0.05) is 18.8 Å². The van der Waals surface area contributed by atoms with Crippen LogP contribution in [0.15, 0.2) is 0 Å². The highest BCUT2D eigenvalue weighted by Crippen LogP contribution is 2.08. The smallest absolute Gasteiger partial charge is 0.0877 e. The Bertz CT molecular complexity index is 108. The molecule has 0 aromatic heterocycles. The molecular formula is C6H11NS2. The Morgan fingerprint density at radius 3 is 2.44 bits per heavy atom. The van der Waals surface area contributed by atoms with Crippen LogP contribution in [0.4, 0.5) is 0 Å². The van der Waals surface area contributed by atoms with Crippen molar-refractivity contribution < 1.29 is 0 Å². The summed E-state index contributed by atoms with van der Waals surface area (Å²) in [5, 5.41) is 0. The van der Waals surface area contributed by atoms with Crippen molar-refractivity contribution >= 4 is 29.8 Å². The van der Waals surface area contributed by atoms with Gasteiger partial charge in [0.05, 0.1) is 4.99 Å². The van der Waals surface area contributed by atoms with Crippen molar-refractivity contribution in [2.75, 3.05) is 18.8 Å². The molecule has 0 aromatic carbocycles. The van der Waals surface area contributed by atoms with E-state index in [-0.39, 0.29) is 0 Å². The number of hydrogen-bond acceptors (Lipinski definition) is 2. The first-order chi connectivity index (χ1) is 4.34. The van der Waals surface area contributed by atoms with Crippen molar-refractivity contribution in [1.82, 2.24) is 4.90 Å². The number of rotatable bonds is 1. The summed E-state index contributed by atoms with van der Waals surface area (Å²) in [6.45, 7) is 2.30. The van der Waals surface area contributed by atoms with Crippen LogP contribution in [0, 0.1) is 0 Å². The first-order valence-electron chi connectivity index (χ1n) is 3.23. The van der Waals surface area contributed by atoms with Crippen molar-refractivity contribution in [1.29, 1.82) is 0 Å². The molecule has 1 rings (SSSR count). The molecule has 52 valence electrons. The van der Waals surface area contributed by atoms with Gasteiger partial charge in [0.15, 0.2) is 0 Å². The molecular weight excluding hydrogens is 150 g/mol. The average Bonchev–Trinajstić information content (AvgIpc) is 2.37. The molecule has 1 nitrogen and oxygen atoms in total. The highest BCUT2D eigenvalue weighted by Gasteiger charge is 2.12. The van der Waals surface area contributed by atoms with E-state index < -0.39 is 0 Å². The second kappa shape index (κ2) is 3.42. The second-order valence-corrected chi connectivity index (χ2v) is 3.03. The molecule has 1 heterocycles. The van der Waals surface area contributed by atoms with Gasteiger partial charge in [-0.25, -0.2) is 0 Å². The van der Waals surface area contributed by atoms with Crippen LogP contribution in [0.2, 0.25) is 0 Å². The summed E-state index contributed by atoms with van der Waals surface area (Å²) in [7, 11) is 0. The first-order valence-corrected chi connectivity index (χ1v) is 4.27. The van der Waals surface area contributed by atoms with Gasteiger partial charge in [-0.15, -0.1) is 0 Å². The van der Waals surface area contributed by atoms with Crippen molar-refractivity contribution in [2.24, 2.45) is 0 Å². The van der Waals surface area contributed by atoms with Gasteiger partial charge in [-0.05, 0) is 12.8 Å². The van der Waals surface area contributed by atoms with E-state index >= 15 is 0 Å². The van der Waals surface area contributed by atoms with E-state index in [0.717, 1.165) is 23.8 Å². The minimum atomic E-state index is 0.731. The maximum atomic E-state index is 5.06. The molecule has 0 unspecified atom stereocenters. The van der Waals surface area contributed by atoms with Gasteiger partial charge in [-0.3, -0.25) is 0 Å². The Hall–Kier alpha value is 0.240. The van der Waals surface area contributed by atoms with E-state index in [1.165, 1.54) is 12.8 Å². The van der Waals surface area contributed by atoms with Gasteiger partial charge in [0.1, 0.15) is 0 Å². The molecule has 1 fully saturated rings. The lowest BCUT2D eigenvalue weighted by Gasteiger charge is -2.15. The maximum Gasteiger partial charge on any atom is 0.0877 e. The maximum absolute atomic E-state index is 5.06. The van der Waals surface area contributed by atoms with Crippen molar-refractivity contribution in [2.45, 2.75) is 12.8 Å². The van der Waals surface area contributed by atoms with E-state index in [9.17, 15) is 0 Å². The van der Waals surface area contributed by atoms with Crippen LogP contribution in [0.1, 0.15) is 12.8 Å². The zero-order chi connectivity index (χ0) is 6.69. The number of likely N-dealkylation sites (tertiary alicyclic amines) is 1. The average molecular weight is 161 g/mol. The van der Waals surface area contributed by atoms with E-state index in [1.807, 2.05) is 0 Å². The molecule has 0 radical (unpaired) electrons. The van der Waals surface area contributed by atoms with Crippen LogP contribution in [0.5, 0.6) is 0 Å². The highest BCUT2D eigenvalue weighted by atomic mass is 32.1. The minimum Gasteiger partial charge on any atom is -0.365 e. The Morgan fingerprint density at radius 2 is 2.00 bits per heavy atom. The molecule has 9 heavy (non-hydrogen) atoms. The van der Waals surface area contributed by atoms with Crippen LogP contribution in [0.3, 0.4) is 0 Å². The van der Waals surface area contributed by atoms with Gasteiger partial charge in [0.25, 0.3) is 0 Å². The fraction of sp³-hybridized carbons (Fsp3) is 0.833. The van der Waals surface area contributed by atoms with E-state index in [4.69, 9.17) is 12.2 Å². The summed E-state index contributed by atoms with van der Waals surface area (Å²) in [5.74, 6) is 0.731. The topological polar surface area (TPSA) is 3.24 Å². The van der Waals surface area contributed by atoms with Crippen molar-refractivity contribution in [3.05, 3.63) is 0 Å². The summed E-state index contributed by atoms with van der Waals surface area (Å²) in [6, 6.07) is 0. The summed E-state index contributed by atoms with van der Waals surface area (Å²) in [4.78, 5) is 3.25. The van der Waals surface area contributed by atoms with Crippen LogP contribution >= 0.6 is 24.8 Å². The predicted octanol–water partition coefficient (Wildman–Crippen LogP) is 1.34. The molecule has 0 amide bonds. The van der Waals surface area contributed by atoms with E-state index in [0.29, 0.717) is 0 Å². The highest BCUT2D eigenvalue weighted by molar-refractivity contribution is 7.86. The summed E-state index contributed by atoms with van der Waals surface area (Å²) in [6.07, 6.45) is 2.60. The fourth-order valence-corrected chi connectivity index (χ4v) is 1.45.